The minimum Gasteiger partial charge on any atom is -0.293 e. The van der Waals surface area contributed by atoms with Crippen molar-refractivity contribution in [2.24, 2.45) is 0 Å². The van der Waals surface area contributed by atoms with Gasteiger partial charge in [0.15, 0.2) is 5.78 Å². The van der Waals surface area contributed by atoms with Gasteiger partial charge in [0.25, 0.3) is 0 Å². The average molecular weight is 267 g/mol. The normalized spacial score (nSPS) is 19.0. The third-order valence-corrected chi connectivity index (χ3v) is 5.26. The van der Waals surface area contributed by atoms with E-state index in [1.54, 1.807) is 6.07 Å². The zero-order valence-electron chi connectivity index (χ0n) is 10.6. The molecule has 1 aliphatic rings. The second-order valence-electron chi connectivity index (χ2n) is 4.73. The van der Waals surface area contributed by atoms with Crippen LogP contribution in [0, 0.1) is 13.8 Å². The number of carbonyl (C=O) groups excluding carboxylic acids is 1. The first-order valence-electron chi connectivity index (χ1n) is 5.98. The summed E-state index contributed by atoms with van der Waals surface area (Å²) in [4.78, 5) is 12.0. The third-order valence-electron chi connectivity index (χ3n) is 3.35. The van der Waals surface area contributed by atoms with E-state index in [1.165, 1.54) is 4.31 Å². The Morgan fingerprint density at radius 2 is 2.00 bits per heavy atom. The van der Waals surface area contributed by atoms with Gasteiger partial charge in [-0.05, 0) is 37.5 Å². The number of rotatable bonds is 3. The fraction of sp³-hybridized carbons (Fsp3) is 0.462. The molecule has 0 amide bonds. The van der Waals surface area contributed by atoms with Crippen LogP contribution < -0.4 is 0 Å². The van der Waals surface area contributed by atoms with E-state index in [9.17, 15) is 13.2 Å². The highest BCUT2D eigenvalue weighted by Gasteiger charge is 2.29. The van der Waals surface area contributed by atoms with Crippen LogP contribution >= 0.6 is 0 Å². The summed E-state index contributed by atoms with van der Waals surface area (Å²) >= 11 is 0. The lowest BCUT2D eigenvalue weighted by atomic mass is 10.0. The average Bonchev–Trinajstić information content (AvgIpc) is 2.62. The Labute approximate surface area is 108 Å². The standard InChI is InChI=1S/C13H17NO3S/c1-10-4-5-12(8-11(10)2)13(15)9-14-6-3-7-18(14,16)17/h4-5,8H,3,6-7,9H2,1-2H3. The molecule has 0 bridgehead atoms. The van der Waals surface area contributed by atoms with Crippen molar-refractivity contribution in [3.05, 3.63) is 34.9 Å². The Morgan fingerprint density at radius 3 is 2.56 bits per heavy atom. The maximum Gasteiger partial charge on any atom is 0.214 e. The zero-order chi connectivity index (χ0) is 13.3. The van der Waals surface area contributed by atoms with Gasteiger partial charge in [-0.25, -0.2) is 8.42 Å². The van der Waals surface area contributed by atoms with Crippen LogP contribution in [0.4, 0.5) is 0 Å². The van der Waals surface area contributed by atoms with Gasteiger partial charge in [-0.1, -0.05) is 12.1 Å². The SMILES string of the molecule is Cc1ccc(C(=O)CN2CCCS2(=O)=O)cc1C. The molecule has 1 aliphatic heterocycles. The van der Waals surface area contributed by atoms with Crippen LogP contribution in [0.1, 0.15) is 27.9 Å². The summed E-state index contributed by atoms with van der Waals surface area (Å²) in [6, 6.07) is 5.47. The maximum atomic E-state index is 12.0. The smallest absolute Gasteiger partial charge is 0.214 e. The molecule has 1 aromatic carbocycles. The lowest BCUT2D eigenvalue weighted by molar-refractivity contribution is 0.0969. The van der Waals surface area contributed by atoms with Gasteiger partial charge >= 0.3 is 0 Å². The van der Waals surface area contributed by atoms with E-state index in [4.69, 9.17) is 0 Å². The highest BCUT2D eigenvalue weighted by Crippen LogP contribution is 2.16. The quantitative estimate of drug-likeness (QED) is 0.780. The molecular weight excluding hydrogens is 250 g/mol. The molecule has 98 valence electrons. The highest BCUT2D eigenvalue weighted by atomic mass is 32.2. The van der Waals surface area contributed by atoms with Gasteiger partial charge in [-0.3, -0.25) is 4.79 Å². The summed E-state index contributed by atoms with van der Waals surface area (Å²) in [6.45, 7) is 4.34. The number of ketones is 1. The van der Waals surface area contributed by atoms with Crippen molar-refractivity contribution >= 4 is 15.8 Å². The van der Waals surface area contributed by atoms with E-state index in [2.05, 4.69) is 0 Å². The summed E-state index contributed by atoms with van der Waals surface area (Å²) in [7, 11) is -3.20. The van der Waals surface area contributed by atoms with E-state index < -0.39 is 10.0 Å². The van der Waals surface area contributed by atoms with Crippen LogP contribution in [-0.4, -0.2) is 37.3 Å². The number of carbonyl (C=O) groups is 1. The molecule has 0 saturated carbocycles. The molecule has 0 aromatic heterocycles. The topological polar surface area (TPSA) is 54.5 Å². The number of hydrogen-bond donors (Lipinski definition) is 0. The number of benzene rings is 1. The molecule has 0 aliphatic carbocycles. The molecule has 0 atom stereocenters. The van der Waals surface area contributed by atoms with Crippen LogP contribution in [0.5, 0.6) is 0 Å². The Balaban J connectivity index is 2.15. The van der Waals surface area contributed by atoms with Gasteiger partial charge in [-0.15, -0.1) is 0 Å². The first kappa shape index (κ1) is 13.2. The van der Waals surface area contributed by atoms with Crippen LogP contribution in [0.2, 0.25) is 0 Å². The van der Waals surface area contributed by atoms with E-state index in [0.29, 0.717) is 18.5 Å². The fourth-order valence-corrected chi connectivity index (χ4v) is 3.51. The zero-order valence-corrected chi connectivity index (χ0v) is 11.5. The fourth-order valence-electron chi connectivity index (χ4n) is 2.04. The number of aryl methyl sites for hydroxylation is 2. The van der Waals surface area contributed by atoms with E-state index in [-0.39, 0.29) is 18.1 Å². The van der Waals surface area contributed by atoms with Gasteiger partial charge < -0.3 is 0 Å². The van der Waals surface area contributed by atoms with Crippen molar-refractivity contribution in [1.29, 1.82) is 0 Å². The van der Waals surface area contributed by atoms with E-state index in [0.717, 1.165) is 11.1 Å². The lowest BCUT2D eigenvalue weighted by Gasteiger charge is -2.13. The number of Topliss-reactive ketones (excluding diaryl/α,β-unsaturated/α-hetero) is 1. The Morgan fingerprint density at radius 1 is 1.28 bits per heavy atom. The first-order chi connectivity index (χ1) is 8.40. The van der Waals surface area contributed by atoms with Crippen molar-refractivity contribution in [3.63, 3.8) is 0 Å². The van der Waals surface area contributed by atoms with Gasteiger partial charge in [0.05, 0.1) is 12.3 Å². The van der Waals surface area contributed by atoms with Gasteiger partial charge in [0.1, 0.15) is 0 Å². The molecule has 0 unspecified atom stereocenters. The summed E-state index contributed by atoms with van der Waals surface area (Å²) in [5, 5.41) is 0. The second-order valence-corrected chi connectivity index (χ2v) is 6.81. The number of nitrogens with zero attached hydrogens (tertiary/aromatic N) is 1. The monoisotopic (exact) mass is 267 g/mol. The summed E-state index contributed by atoms with van der Waals surface area (Å²) in [6.07, 6.45) is 0.614. The van der Waals surface area contributed by atoms with Crippen molar-refractivity contribution in [2.75, 3.05) is 18.8 Å². The molecule has 1 fully saturated rings. The van der Waals surface area contributed by atoms with Crippen LogP contribution in [0.3, 0.4) is 0 Å². The van der Waals surface area contributed by atoms with E-state index >= 15 is 0 Å². The molecule has 1 heterocycles. The summed E-state index contributed by atoms with van der Waals surface area (Å²) in [5.41, 5.74) is 2.76. The molecule has 2 rings (SSSR count). The molecule has 1 saturated heterocycles. The van der Waals surface area contributed by atoms with Crippen LogP contribution in [0.15, 0.2) is 18.2 Å². The van der Waals surface area contributed by atoms with Gasteiger partial charge in [0.2, 0.25) is 10.0 Å². The van der Waals surface area contributed by atoms with E-state index in [1.807, 2.05) is 26.0 Å². The molecule has 1 aromatic rings. The van der Waals surface area contributed by atoms with Crippen LogP contribution in [-0.2, 0) is 10.0 Å². The lowest BCUT2D eigenvalue weighted by Crippen LogP contribution is -2.31. The molecule has 0 N–H and O–H groups in total. The minimum atomic E-state index is -3.20. The van der Waals surface area contributed by atoms with Gasteiger partial charge in [-0.2, -0.15) is 4.31 Å². The van der Waals surface area contributed by atoms with Crippen molar-refractivity contribution in [1.82, 2.24) is 4.31 Å². The van der Waals surface area contributed by atoms with Crippen molar-refractivity contribution < 1.29 is 13.2 Å². The Bertz CT molecular complexity index is 578. The van der Waals surface area contributed by atoms with Gasteiger partial charge in [0, 0.05) is 12.1 Å². The Hall–Kier alpha value is -1.20. The minimum absolute atomic E-state index is 0.0369. The number of hydrogen-bond acceptors (Lipinski definition) is 3. The summed E-state index contributed by atoms with van der Waals surface area (Å²) < 4.78 is 24.5. The van der Waals surface area contributed by atoms with Crippen molar-refractivity contribution in [3.8, 4) is 0 Å². The maximum absolute atomic E-state index is 12.0. The summed E-state index contributed by atoms with van der Waals surface area (Å²) in [5.74, 6) is 0.0243. The predicted molar refractivity (Wildman–Crippen MR) is 70.2 cm³/mol. The molecule has 0 spiro atoms. The first-order valence-corrected chi connectivity index (χ1v) is 7.59. The number of sulfonamides is 1. The van der Waals surface area contributed by atoms with Crippen LogP contribution in [0.25, 0.3) is 0 Å². The molecule has 0 radical (unpaired) electrons. The molecule has 18 heavy (non-hydrogen) atoms. The largest absolute Gasteiger partial charge is 0.293 e. The predicted octanol–water partition coefficient (Wildman–Crippen LogP) is 1.52. The third kappa shape index (κ3) is 2.62. The molecular formula is C13H17NO3S. The van der Waals surface area contributed by atoms with Crippen molar-refractivity contribution in [2.45, 2.75) is 20.3 Å². The Kier molecular flexibility index (Phi) is 3.54. The molecule has 5 heteroatoms. The molecule has 4 nitrogen and oxygen atoms in total. The highest BCUT2D eigenvalue weighted by molar-refractivity contribution is 7.89. The second kappa shape index (κ2) is 4.82.